The van der Waals surface area contributed by atoms with Gasteiger partial charge in [-0.1, -0.05) is 13.8 Å². The summed E-state index contributed by atoms with van der Waals surface area (Å²) >= 11 is 0. The minimum absolute atomic E-state index is 0.1000. The second-order valence-corrected chi connectivity index (χ2v) is 4.59. The first kappa shape index (κ1) is 10.8. The molecule has 1 saturated heterocycles. The van der Waals surface area contributed by atoms with Crippen LogP contribution in [0.15, 0.2) is 6.33 Å². The maximum atomic E-state index is 11.9. The van der Waals surface area contributed by atoms with Crippen LogP contribution in [0.4, 0.5) is 0 Å². The van der Waals surface area contributed by atoms with Crippen molar-refractivity contribution in [2.24, 2.45) is 5.41 Å². The summed E-state index contributed by atoms with van der Waals surface area (Å²) in [6.07, 6.45) is 2.22. The highest BCUT2D eigenvalue weighted by Crippen LogP contribution is 2.31. The Morgan fingerprint density at radius 2 is 2.25 bits per heavy atom. The molecule has 1 aliphatic rings. The van der Waals surface area contributed by atoms with E-state index in [1.165, 1.54) is 11.2 Å². The number of likely N-dealkylation sites (tertiary alicyclic amines) is 1. The fraction of sp³-hybridized carbons (Fsp3) is 0.600. The lowest BCUT2D eigenvalue weighted by Gasteiger charge is -2.16. The van der Waals surface area contributed by atoms with Gasteiger partial charge in [-0.25, -0.2) is 4.98 Å². The molecule has 6 nitrogen and oxygen atoms in total. The Morgan fingerprint density at radius 1 is 1.50 bits per heavy atom. The molecule has 2 heterocycles. The highest BCUT2D eigenvalue weighted by molar-refractivity contribution is 6.05. The zero-order valence-electron chi connectivity index (χ0n) is 9.36. The Balaban J connectivity index is 2.00. The number of amides is 2. The minimum atomic E-state index is -0.557. The first-order chi connectivity index (χ1) is 7.50. The van der Waals surface area contributed by atoms with Crippen molar-refractivity contribution in [3.8, 4) is 0 Å². The Hall–Kier alpha value is -1.72. The Kier molecular flexibility index (Phi) is 2.49. The van der Waals surface area contributed by atoms with Crippen LogP contribution in [-0.2, 0) is 16.0 Å². The van der Waals surface area contributed by atoms with Crippen LogP contribution in [0.2, 0.25) is 0 Å². The lowest BCUT2D eigenvalue weighted by Crippen LogP contribution is -2.34. The van der Waals surface area contributed by atoms with E-state index in [-0.39, 0.29) is 11.8 Å². The first-order valence-corrected chi connectivity index (χ1v) is 5.20. The lowest BCUT2D eigenvalue weighted by molar-refractivity contribution is -0.140. The number of imide groups is 1. The summed E-state index contributed by atoms with van der Waals surface area (Å²) in [6, 6.07) is 0. The second-order valence-electron chi connectivity index (χ2n) is 4.59. The molecule has 0 bridgehead atoms. The standard InChI is InChI=1S/C10H14N4O2/c1-10(2)5-8(15)14(9(10)16)4-3-7-11-6-12-13-7/h6H,3-5H2,1-2H3,(H,11,12,13). The van der Waals surface area contributed by atoms with Gasteiger partial charge in [0.25, 0.3) is 0 Å². The third-order valence-electron chi connectivity index (χ3n) is 2.76. The van der Waals surface area contributed by atoms with Crippen LogP contribution in [0, 0.1) is 5.41 Å². The number of hydrogen-bond donors (Lipinski definition) is 1. The highest BCUT2D eigenvalue weighted by Gasteiger charge is 2.44. The second kappa shape index (κ2) is 3.70. The fourth-order valence-electron chi connectivity index (χ4n) is 1.82. The van der Waals surface area contributed by atoms with Crippen molar-refractivity contribution >= 4 is 11.8 Å². The molecule has 0 spiro atoms. The number of carbonyl (C=O) groups excluding carboxylic acids is 2. The number of aromatic nitrogens is 3. The summed E-state index contributed by atoms with van der Waals surface area (Å²) in [7, 11) is 0. The number of rotatable bonds is 3. The summed E-state index contributed by atoms with van der Waals surface area (Å²) in [6.45, 7) is 3.96. The topological polar surface area (TPSA) is 79.0 Å². The van der Waals surface area contributed by atoms with Gasteiger partial charge >= 0.3 is 0 Å². The van der Waals surface area contributed by atoms with Crippen molar-refractivity contribution < 1.29 is 9.59 Å². The molecule has 0 saturated carbocycles. The monoisotopic (exact) mass is 222 g/mol. The van der Waals surface area contributed by atoms with Gasteiger partial charge in [-0.05, 0) is 0 Å². The Labute approximate surface area is 93.0 Å². The minimum Gasteiger partial charge on any atom is -0.282 e. The van der Waals surface area contributed by atoms with E-state index in [2.05, 4.69) is 15.2 Å². The van der Waals surface area contributed by atoms with E-state index in [4.69, 9.17) is 0 Å². The van der Waals surface area contributed by atoms with Crippen molar-refractivity contribution in [1.29, 1.82) is 0 Å². The summed E-state index contributed by atoms with van der Waals surface area (Å²) < 4.78 is 0. The van der Waals surface area contributed by atoms with Crippen LogP contribution in [0.3, 0.4) is 0 Å². The molecule has 1 aromatic rings. The third-order valence-corrected chi connectivity index (χ3v) is 2.76. The van der Waals surface area contributed by atoms with Crippen molar-refractivity contribution in [3.63, 3.8) is 0 Å². The zero-order valence-corrected chi connectivity index (χ0v) is 9.36. The summed E-state index contributed by atoms with van der Waals surface area (Å²) in [4.78, 5) is 28.7. The number of nitrogens with zero attached hydrogens (tertiary/aromatic N) is 3. The highest BCUT2D eigenvalue weighted by atomic mass is 16.2. The van der Waals surface area contributed by atoms with E-state index < -0.39 is 5.41 Å². The largest absolute Gasteiger partial charge is 0.282 e. The maximum absolute atomic E-state index is 11.9. The molecule has 16 heavy (non-hydrogen) atoms. The average molecular weight is 222 g/mol. The summed E-state index contributed by atoms with van der Waals surface area (Å²) in [5.41, 5.74) is -0.557. The fourth-order valence-corrected chi connectivity index (χ4v) is 1.82. The first-order valence-electron chi connectivity index (χ1n) is 5.20. The van der Waals surface area contributed by atoms with Crippen LogP contribution < -0.4 is 0 Å². The van der Waals surface area contributed by atoms with Crippen LogP contribution in [0.1, 0.15) is 26.1 Å². The lowest BCUT2D eigenvalue weighted by atomic mass is 9.92. The molecule has 0 aromatic carbocycles. The number of carbonyl (C=O) groups is 2. The number of hydrogen-bond acceptors (Lipinski definition) is 4. The Morgan fingerprint density at radius 3 is 2.75 bits per heavy atom. The number of nitrogens with one attached hydrogen (secondary N) is 1. The number of aromatic amines is 1. The van der Waals surface area contributed by atoms with Crippen LogP contribution in [-0.4, -0.2) is 38.4 Å². The molecular weight excluding hydrogens is 208 g/mol. The van der Waals surface area contributed by atoms with E-state index in [1.807, 2.05) is 0 Å². The van der Waals surface area contributed by atoms with Gasteiger partial charge in [0, 0.05) is 19.4 Å². The number of H-pyrrole nitrogens is 1. The molecule has 1 N–H and O–H groups in total. The molecule has 1 aromatic heterocycles. The molecule has 1 fully saturated rings. The molecule has 2 rings (SSSR count). The predicted octanol–water partition coefficient (Wildman–Crippen LogP) is 0.132. The van der Waals surface area contributed by atoms with Crippen molar-refractivity contribution in [2.75, 3.05) is 6.54 Å². The SMILES string of the molecule is CC1(C)CC(=O)N(CCc2ncn[nH]2)C1=O. The van der Waals surface area contributed by atoms with Gasteiger partial charge in [-0.3, -0.25) is 19.6 Å². The van der Waals surface area contributed by atoms with Gasteiger partial charge < -0.3 is 0 Å². The van der Waals surface area contributed by atoms with E-state index in [0.717, 1.165) is 0 Å². The van der Waals surface area contributed by atoms with Gasteiger partial charge in [0.1, 0.15) is 12.2 Å². The summed E-state index contributed by atoms with van der Waals surface area (Å²) in [5, 5.41) is 6.41. The van der Waals surface area contributed by atoms with Crippen LogP contribution in [0.5, 0.6) is 0 Å². The van der Waals surface area contributed by atoms with Gasteiger partial charge in [0.15, 0.2) is 0 Å². The van der Waals surface area contributed by atoms with Gasteiger partial charge in [0.2, 0.25) is 11.8 Å². The van der Waals surface area contributed by atoms with Crippen molar-refractivity contribution in [2.45, 2.75) is 26.7 Å². The normalized spacial score (nSPS) is 19.5. The molecular formula is C10H14N4O2. The molecule has 6 heteroatoms. The predicted molar refractivity (Wildman–Crippen MR) is 55.2 cm³/mol. The molecule has 0 atom stereocenters. The molecule has 0 radical (unpaired) electrons. The van der Waals surface area contributed by atoms with E-state index in [1.54, 1.807) is 13.8 Å². The van der Waals surface area contributed by atoms with E-state index >= 15 is 0 Å². The maximum Gasteiger partial charge on any atom is 0.235 e. The quantitative estimate of drug-likeness (QED) is 0.737. The van der Waals surface area contributed by atoms with Crippen molar-refractivity contribution in [1.82, 2.24) is 20.1 Å². The smallest absolute Gasteiger partial charge is 0.235 e. The molecule has 0 aliphatic carbocycles. The van der Waals surface area contributed by atoms with Gasteiger partial charge in [-0.2, -0.15) is 5.10 Å². The molecule has 0 unspecified atom stereocenters. The zero-order chi connectivity index (χ0) is 11.8. The van der Waals surface area contributed by atoms with Gasteiger partial charge in [0.05, 0.1) is 5.41 Å². The molecule has 86 valence electrons. The molecule has 1 aliphatic heterocycles. The van der Waals surface area contributed by atoms with E-state index in [0.29, 0.717) is 25.2 Å². The average Bonchev–Trinajstić information content (AvgIpc) is 2.74. The molecule has 2 amide bonds. The third kappa shape index (κ3) is 1.82. The summed E-state index contributed by atoms with van der Waals surface area (Å²) in [5.74, 6) is 0.483. The Bertz CT molecular complexity index is 410. The van der Waals surface area contributed by atoms with Crippen LogP contribution >= 0.6 is 0 Å². The van der Waals surface area contributed by atoms with E-state index in [9.17, 15) is 9.59 Å². The van der Waals surface area contributed by atoms with Crippen LogP contribution in [0.25, 0.3) is 0 Å². The van der Waals surface area contributed by atoms with Gasteiger partial charge in [-0.15, -0.1) is 0 Å². The van der Waals surface area contributed by atoms with Crippen molar-refractivity contribution in [3.05, 3.63) is 12.2 Å².